The summed E-state index contributed by atoms with van der Waals surface area (Å²) in [6.07, 6.45) is 0. The number of esters is 1. The molecule has 0 bridgehead atoms. The average Bonchev–Trinajstić information content (AvgIpc) is 2.63. The molecule has 1 aromatic heterocycles. The van der Waals surface area contributed by atoms with E-state index in [1.165, 1.54) is 21.6 Å². The summed E-state index contributed by atoms with van der Waals surface area (Å²) in [7, 11) is 0. The molecule has 0 N–H and O–H groups in total. The molecule has 2 aromatic rings. The lowest BCUT2D eigenvalue weighted by atomic mass is 10.2. The third-order valence-electron chi connectivity index (χ3n) is 2.22. The third-order valence-corrected chi connectivity index (χ3v) is 3.48. The molecule has 2 rings (SSSR count). The van der Waals surface area contributed by atoms with E-state index in [0.717, 1.165) is 5.39 Å². The molecular formula is C12H12O2S. The van der Waals surface area contributed by atoms with Crippen molar-refractivity contribution in [3.63, 3.8) is 0 Å². The van der Waals surface area contributed by atoms with Gasteiger partial charge in [0.2, 0.25) is 0 Å². The number of ether oxygens (including phenoxy) is 1. The fourth-order valence-electron chi connectivity index (χ4n) is 1.51. The zero-order valence-corrected chi connectivity index (χ0v) is 9.56. The Balaban J connectivity index is 2.47. The van der Waals surface area contributed by atoms with Crippen molar-refractivity contribution in [2.45, 2.75) is 13.8 Å². The van der Waals surface area contributed by atoms with Crippen LogP contribution in [0.5, 0.6) is 0 Å². The van der Waals surface area contributed by atoms with Gasteiger partial charge >= 0.3 is 5.97 Å². The Hall–Kier alpha value is -1.35. The number of fused-ring (bicyclic) bond motifs is 1. The van der Waals surface area contributed by atoms with Crippen LogP contribution in [0.25, 0.3) is 10.1 Å². The van der Waals surface area contributed by atoms with Gasteiger partial charge in [-0.3, -0.25) is 0 Å². The summed E-state index contributed by atoms with van der Waals surface area (Å²) in [5, 5.41) is 1.11. The van der Waals surface area contributed by atoms with E-state index in [9.17, 15) is 4.79 Å². The molecule has 1 heterocycles. The molecule has 0 fully saturated rings. The molecule has 0 atom stereocenters. The summed E-state index contributed by atoms with van der Waals surface area (Å²) in [5.41, 5.74) is 1.20. The van der Waals surface area contributed by atoms with Crippen LogP contribution < -0.4 is 0 Å². The molecule has 1 aromatic carbocycles. The van der Waals surface area contributed by atoms with Gasteiger partial charge in [-0.15, -0.1) is 11.3 Å². The van der Waals surface area contributed by atoms with Crippen molar-refractivity contribution in [1.29, 1.82) is 0 Å². The molecule has 0 aliphatic rings. The van der Waals surface area contributed by atoms with Crippen molar-refractivity contribution < 1.29 is 9.53 Å². The van der Waals surface area contributed by atoms with Gasteiger partial charge in [-0.05, 0) is 30.9 Å². The predicted octanol–water partition coefficient (Wildman–Crippen LogP) is 3.39. The van der Waals surface area contributed by atoms with Gasteiger partial charge in [0.05, 0.1) is 6.61 Å². The number of carbonyl (C=O) groups excluding carboxylic acids is 1. The molecule has 78 valence electrons. The van der Waals surface area contributed by atoms with Gasteiger partial charge in [-0.2, -0.15) is 0 Å². The number of carbonyl (C=O) groups is 1. The van der Waals surface area contributed by atoms with E-state index >= 15 is 0 Å². The highest BCUT2D eigenvalue weighted by Gasteiger charge is 2.11. The van der Waals surface area contributed by atoms with Crippen molar-refractivity contribution in [3.05, 3.63) is 34.7 Å². The smallest absolute Gasteiger partial charge is 0.348 e. The van der Waals surface area contributed by atoms with Crippen molar-refractivity contribution in [2.75, 3.05) is 6.61 Å². The van der Waals surface area contributed by atoms with Gasteiger partial charge < -0.3 is 4.74 Å². The summed E-state index contributed by atoms with van der Waals surface area (Å²) >= 11 is 1.50. The maximum Gasteiger partial charge on any atom is 0.348 e. The minimum absolute atomic E-state index is 0.224. The highest BCUT2D eigenvalue weighted by Crippen LogP contribution is 2.28. The molecule has 3 heteroatoms. The number of rotatable bonds is 2. The number of benzene rings is 1. The van der Waals surface area contributed by atoms with E-state index in [2.05, 4.69) is 0 Å². The molecule has 0 aliphatic carbocycles. The molecule has 0 spiro atoms. The second kappa shape index (κ2) is 4.03. The molecule has 2 nitrogen and oxygen atoms in total. The first kappa shape index (κ1) is 10.2. The minimum Gasteiger partial charge on any atom is -0.462 e. The van der Waals surface area contributed by atoms with Crippen LogP contribution in [-0.4, -0.2) is 12.6 Å². The van der Waals surface area contributed by atoms with Gasteiger partial charge in [-0.25, -0.2) is 4.79 Å². The van der Waals surface area contributed by atoms with Crippen molar-refractivity contribution in [1.82, 2.24) is 0 Å². The van der Waals surface area contributed by atoms with Crippen LogP contribution in [0.4, 0.5) is 0 Å². The molecule has 0 aliphatic heterocycles. The normalized spacial score (nSPS) is 10.5. The second-order valence-electron chi connectivity index (χ2n) is 3.32. The molecular weight excluding hydrogens is 208 g/mol. The summed E-state index contributed by atoms with van der Waals surface area (Å²) in [5.74, 6) is -0.224. The molecule has 15 heavy (non-hydrogen) atoms. The topological polar surface area (TPSA) is 26.3 Å². The zero-order valence-electron chi connectivity index (χ0n) is 8.74. The highest BCUT2D eigenvalue weighted by molar-refractivity contribution is 7.20. The Morgan fingerprint density at radius 1 is 1.47 bits per heavy atom. The summed E-state index contributed by atoms with van der Waals surface area (Å²) in [6.45, 7) is 4.29. The van der Waals surface area contributed by atoms with E-state index in [1.54, 1.807) is 0 Å². The van der Waals surface area contributed by atoms with Gasteiger partial charge in [0.1, 0.15) is 4.88 Å². The monoisotopic (exact) mass is 220 g/mol. The van der Waals surface area contributed by atoms with Crippen LogP contribution in [0.15, 0.2) is 24.3 Å². The van der Waals surface area contributed by atoms with Gasteiger partial charge in [0, 0.05) is 4.70 Å². The quantitative estimate of drug-likeness (QED) is 0.725. The Bertz CT molecular complexity index is 499. The lowest BCUT2D eigenvalue weighted by molar-refractivity contribution is 0.0532. The van der Waals surface area contributed by atoms with Crippen LogP contribution in [0.2, 0.25) is 0 Å². The van der Waals surface area contributed by atoms with Crippen LogP contribution in [0.3, 0.4) is 0 Å². The van der Waals surface area contributed by atoms with E-state index in [4.69, 9.17) is 4.74 Å². The molecule has 0 saturated heterocycles. The van der Waals surface area contributed by atoms with Crippen molar-refractivity contribution >= 4 is 27.4 Å². The Labute approximate surface area is 92.5 Å². The maximum atomic E-state index is 11.5. The average molecular weight is 220 g/mol. The van der Waals surface area contributed by atoms with Crippen LogP contribution in [0, 0.1) is 6.92 Å². The van der Waals surface area contributed by atoms with E-state index in [-0.39, 0.29) is 5.97 Å². The van der Waals surface area contributed by atoms with E-state index < -0.39 is 0 Å². The van der Waals surface area contributed by atoms with Gasteiger partial charge in [0.15, 0.2) is 0 Å². The SMILES string of the molecule is CCOC(=O)c1cc2cccc(C)c2s1. The predicted molar refractivity (Wildman–Crippen MR) is 62.5 cm³/mol. The van der Waals surface area contributed by atoms with E-state index in [1.807, 2.05) is 38.1 Å². The largest absolute Gasteiger partial charge is 0.462 e. The third kappa shape index (κ3) is 1.88. The van der Waals surface area contributed by atoms with Gasteiger partial charge in [-0.1, -0.05) is 18.2 Å². The second-order valence-corrected chi connectivity index (χ2v) is 4.38. The fourth-order valence-corrected chi connectivity index (χ4v) is 2.53. The molecule has 0 amide bonds. The first-order chi connectivity index (χ1) is 7.22. The summed E-state index contributed by atoms with van der Waals surface area (Å²) in [6, 6.07) is 7.96. The van der Waals surface area contributed by atoms with Crippen molar-refractivity contribution in [3.8, 4) is 0 Å². The van der Waals surface area contributed by atoms with Crippen molar-refractivity contribution in [2.24, 2.45) is 0 Å². The van der Waals surface area contributed by atoms with Crippen LogP contribution >= 0.6 is 11.3 Å². The van der Waals surface area contributed by atoms with Crippen LogP contribution in [0.1, 0.15) is 22.2 Å². The Morgan fingerprint density at radius 3 is 2.93 bits per heavy atom. The Morgan fingerprint density at radius 2 is 2.27 bits per heavy atom. The number of aryl methyl sites for hydroxylation is 1. The van der Waals surface area contributed by atoms with Gasteiger partial charge in [0.25, 0.3) is 0 Å². The lowest BCUT2D eigenvalue weighted by Gasteiger charge is -1.96. The molecule has 0 unspecified atom stereocenters. The number of hydrogen-bond acceptors (Lipinski definition) is 3. The minimum atomic E-state index is -0.224. The molecule has 0 saturated carbocycles. The summed E-state index contributed by atoms with van der Waals surface area (Å²) in [4.78, 5) is 12.2. The first-order valence-corrected chi connectivity index (χ1v) is 5.70. The molecule has 0 radical (unpaired) electrons. The number of hydrogen-bond donors (Lipinski definition) is 0. The number of thiophene rings is 1. The lowest BCUT2D eigenvalue weighted by Crippen LogP contribution is -2.01. The fraction of sp³-hybridized carbons (Fsp3) is 0.250. The maximum absolute atomic E-state index is 11.5. The summed E-state index contributed by atoms with van der Waals surface area (Å²) < 4.78 is 6.14. The first-order valence-electron chi connectivity index (χ1n) is 4.88. The van der Waals surface area contributed by atoms with E-state index in [0.29, 0.717) is 11.5 Å². The van der Waals surface area contributed by atoms with Crippen LogP contribution in [-0.2, 0) is 4.74 Å². The highest BCUT2D eigenvalue weighted by atomic mass is 32.1. The Kier molecular flexibility index (Phi) is 2.73. The standard InChI is InChI=1S/C12H12O2S/c1-3-14-12(13)10-7-9-6-4-5-8(2)11(9)15-10/h4-7H,3H2,1-2H3. The zero-order chi connectivity index (χ0) is 10.8.